The van der Waals surface area contributed by atoms with Gasteiger partial charge in [0.05, 0.1) is 19.6 Å². The molecule has 3 N–H and O–H groups in total. The van der Waals surface area contributed by atoms with E-state index in [4.69, 9.17) is 15.6 Å². The highest BCUT2D eigenvalue weighted by Crippen LogP contribution is 2.35. The lowest BCUT2D eigenvalue weighted by atomic mass is 10.1. The Hall–Kier alpha value is -1.87. The zero-order chi connectivity index (χ0) is 15.6. The molecule has 0 aliphatic carbocycles. The Labute approximate surface area is 117 Å². The monoisotopic (exact) mass is 305 g/mol. The molecule has 3 atom stereocenters. The van der Waals surface area contributed by atoms with Gasteiger partial charge in [-0.3, -0.25) is 8.96 Å². The van der Waals surface area contributed by atoms with Gasteiger partial charge in [-0.15, -0.1) is 0 Å². The maximum absolute atomic E-state index is 14.1. The number of hydrogen-bond acceptors (Lipinski definition) is 5. The van der Waals surface area contributed by atoms with Gasteiger partial charge in [0.15, 0.2) is 12.4 Å². The SMILES string of the molecule is Nc1nc(=O)n(C2OC(CO)/C(=C/F)C2F)cc1CCF. The Morgan fingerprint density at radius 2 is 2.29 bits per heavy atom. The van der Waals surface area contributed by atoms with Crippen LogP contribution in [0.3, 0.4) is 0 Å². The fourth-order valence-electron chi connectivity index (χ4n) is 2.14. The van der Waals surface area contributed by atoms with E-state index in [1.807, 2.05) is 0 Å². The maximum Gasteiger partial charge on any atom is 0.351 e. The molecule has 0 bridgehead atoms. The minimum absolute atomic E-state index is 0.00376. The molecule has 1 aromatic rings. The molecule has 0 aromatic carbocycles. The third kappa shape index (κ3) is 2.79. The van der Waals surface area contributed by atoms with E-state index in [1.54, 1.807) is 0 Å². The molecule has 6 nitrogen and oxygen atoms in total. The van der Waals surface area contributed by atoms with Crippen LogP contribution < -0.4 is 11.4 Å². The van der Waals surface area contributed by atoms with Crippen LogP contribution in [0.25, 0.3) is 0 Å². The van der Waals surface area contributed by atoms with Crippen LogP contribution >= 0.6 is 0 Å². The van der Waals surface area contributed by atoms with E-state index in [-0.39, 0.29) is 24.1 Å². The average molecular weight is 305 g/mol. The van der Waals surface area contributed by atoms with Gasteiger partial charge in [-0.05, 0) is 0 Å². The summed E-state index contributed by atoms with van der Waals surface area (Å²) in [5.41, 5.74) is 4.39. The highest BCUT2D eigenvalue weighted by molar-refractivity contribution is 5.37. The Bertz CT molecular complexity index is 605. The summed E-state index contributed by atoms with van der Waals surface area (Å²) in [7, 11) is 0. The largest absolute Gasteiger partial charge is 0.393 e. The quantitative estimate of drug-likeness (QED) is 0.841. The minimum atomic E-state index is -1.96. The van der Waals surface area contributed by atoms with Crippen LogP contribution in [0.4, 0.5) is 19.0 Å². The molecule has 2 heterocycles. The maximum atomic E-state index is 14.1. The summed E-state index contributed by atoms with van der Waals surface area (Å²) in [6, 6.07) is 0. The van der Waals surface area contributed by atoms with E-state index in [2.05, 4.69) is 4.98 Å². The second-order valence-electron chi connectivity index (χ2n) is 4.49. The van der Waals surface area contributed by atoms with Crippen LogP contribution in [0.5, 0.6) is 0 Å². The van der Waals surface area contributed by atoms with Gasteiger partial charge >= 0.3 is 5.69 Å². The van der Waals surface area contributed by atoms with Gasteiger partial charge < -0.3 is 15.6 Å². The van der Waals surface area contributed by atoms with Crippen molar-refractivity contribution < 1.29 is 23.0 Å². The van der Waals surface area contributed by atoms with Crippen molar-refractivity contribution in [2.45, 2.75) is 24.9 Å². The fraction of sp³-hybridized carbons (Fsp3) is 0.500. The molecule has 1 saturated heterocycles. The average Bonchev–Trinajstić information content (AvgIpc) is 2.78. The van der Waals surface area contributed by atoms with Gasteiger partial charge in [0.2, 0.25) is 0 Å². The van der Waals surface area contributed by atoms with E-state index in [9.17, 15) is 18.0 Å². The number of aromatic nitrogens is 2. The first-order valence-corrected chi connectivity index (χ1v) is 6.17. The van der Waals surface area contributed by atoms with Gasteiger partial charge in [0.25, 0.3) is 0 Å². The molecule has 1 aromatic heterocycles. The van der Waals surface area contributed by atoms with E-state index in [1.165, 1.54) is 0 Å². The number of aliphatic hydroxyl groups is 1. The van der Waals surface area contributed by atoms with Crippen LogP contribution in [0.2, 0.25) is 0 Å². The number of halogens is 3. The molecule has 0 radical (unpaired) electrons. The van der Waals surface area contributed by atoms with Gasteiger partial charge in [-0.2, -0.15) is 4.98 Å². The number of nitrogens with zero attached hydrogens (tertiary/aromatic N) is 2. The molecule has 0 amide bonds. The molecule has 1 aliphatic rings. The molecule has 3 unspecified atom stereocenters. The highest BCUT2D eigenvalue weighted by Gasteiger charge is 2.42. The van der Waals surface area contributed by atoms with Gasteiger partial charge in [-0.25, -0.2) is 13.6 Å². The predicted octanol–water partition coefficient (Wildman–Crippen LogP) is 0.419. The van der Waals surface area contributed by atoms with E-state index in [0.717, 1.165) is 10.8 Å². The van der Waals surface area contributed by atoms with Crippen LogP contribution in [0.15, 0.2) is 22.9 Å². The van der Waals surface area contributed by atoms with Crippen molar-refractivity contribution in [3.63, 3.8) is 0 Å². The second-order valence-corrected chi connectivity index (χ2v) is 4.49. The topological polar surface area (TPSA) is 90.4 Å². The predicted molar refractivity (Wildman–Crippen MR) is 67.7 cm³/mol. The molecule has 116 valence electrons. The lowest BCUT2D eigenvalue weighted by molar-refractivity contribution is -0.0376. The van der Waals surface area contributed by atoms with Crippen molar-refractivity contribution in [1.82, 2.24) is 9.55 Å². The normalized spacial score (nSPS) is 27.4. The number of aliphatic hydroxyl groups excluding tert-OH is 1. The molecule has 1 aliphatic heterocycles. The summed E-state index contributed by atoms with van der Waals surface area (Å²) >= 11 is 0. The lowest BCUT2D eigenvalue weighted by Gasteiger charge is -2.17. The van der Waals surface area contributed by atoms with E-state index < -0.39 is 43.0 Å². The summed E-state index contributed by atoms with van der Waals surface area (Å²) < 4.78 is 45.1. The van der Waals surface area contributed by atoms with Gasteiger partial charge in [0.1, 0.15) is 11.9 Å². The Balaban J connectivity index is 2.42. The number of aryl methyl sites for hydroxylation is 1. The summed E-state index contributed by atoms with van der Waals surface area (Å²) in [6.45, 7) is -1.37. The highest BCUT2D eigenvalue weighted by atomic mass is 19.1. The molecule has 1 fully saturated rings. The fourth-order valence-corrected chi connectivity index (χ4v) is 2.14. The van der Waals surface area contributed by atoms with Crippen molar-refractivity contribution in [3.05, 3.63) is 34.1 Å². The molecular formula is C12H14F3N3O3. The van der Waals surface area contributed by atoms with Crippen molar-refractivity contribution >= 4 is 5.82 Å². The third-order valence-corrected chi connectivity index (χ3v) is 3.23. The Morgan fingerprint density at radius 1 is 1.57 bits per heavy atom. The molecule has 0 saturated carbocycles. The number of nitrogens with two attached hydrogens (primary N) is 1. The standard InChI is InChI=1S/C12H14F3N3O3/c13-2-1-6-4-18(12(20)17-10(6)16)11-9(15)7(3-14)8(5-19)21-11/h3-4,8-9,11,19H,1-2,5H2,(H2,16,17,20)/b7-3-. The van der Waals surface area contributed by atoms with Crippen molar-refractivity contribution in [3.8, 4) is 0 Å². The first-order chi connectivity index (χ1) is 10.0. The summed E-state index contributed by atoms with van der Waals surface area (Å²) in [4.78, 5) is 15.2. The van der Waals surface area contributed by atoms with Crippen LogP contribution in [-0.4, -0.2) is 40.2 Å². The smallest absolute Gasteiger partial charge is 0.351 e. The van der Waals surface area contributed by atoms with E-state index in [0.29, 0.717) is 0 Å². The number of hydrogen-bond donors (Lipinski definition) is 2. The first-order valence-electron chi connectivity index (χ1n) is 6.17. The molecule has 9 heteroatoms. The van der Waals surface area contributed by atoms with E-state index >= 15 is 0 Å². The number of ether oxygens (including phenoxy) is 1. The number of anilines is 1. The molecule has 0 spiro atoms. The number of alkyl halides is 2. The van der Waals surface area contributed by atoms with Crippen LogP contribution in [0.1, 0.15) is 11.8 Å². The Morgan fingerprint density at radius 3 is 2.81 bits per heavy atom. The van der Waals surface area contributed by atoms with Gasteiger partial charge in [0, 0.05) is 23.8 Å². The summed E-state index contributed by atoms with van der Waals surface area (Å²) in [5, 5.41) is 9.03. The number of nitrogen functional groups attached to an aromatic ring is 1. The van der Waals surface area contributed by atoms with Crippen molar-refractivity contribution in [2.24, 2.45) is 0 Å². The lowest BCUT2D eigenvalue weighted by Crippen LogP contribution is -2.32. The van der Waals surface area contributed by atoms with Crippen molar-refractivity contribution in [2.75, 3.05) is 19.0 Å². The summed E-state index contributed by atoms with van der Waals surface area (Å²) in [6.07, 6.45) is -3.60. The molecule has 21 heavy (non-hydrogen) atoms. The molecule has 2 rings (SSSR count). The minimum Gasteiger partial charge on any atom is -0.393 e. The zero-order valence-corrected chi connectivity index (χ0v) is 10.9. The third-order valence-electron chi connectivity index (χ3n) is 3.23. The molecular weight excluding hydrogens is 291 g/mol. The van der Waals surface area contributed by atoms with Gasteiger partial charge in [-0.1, -0.05) is 0 Å². The first kappa shape index (κ1) is 15.5. The second kappa shape index (κ2) is 6.27. The summed E-state index contributed by atoms with van der Waals surface area (Å²) in [5.74, 6) is -0.151. The van der Waals surface area contributed by atoms with Crippen LogP contribution in [0, 0.1) is 0 Å². The zero-order valence-electron chi connectivity index (χ0n) is 10.9. The van der Waals surface area contributed by atoms with Crippen LogP contribution in [-0.2, 0) is 11.2 Å². The Kier molecular flexibility index (Phi) is 4.63. The van der Waals surface area contributed by atoms with Crippen molar-refractivity contribution in [1.29, 1.82) is 0 Å². The number of rotatable bonds is 4.